The first-order valence-electron chi connectivity index (χ1n) is 7.54. The Morgan fingerprint density at radius 1 is 1.08 bits per heavy atom. The van der Waals surface area contributed by atoms with Gasteiger partial charge in [0.15, 0.2) is 0 Å². The number of benzene rings is 1. The molecule has 3 rings (SSSR count). The number of aromatic amines is 1. The number of rotatable bonds is 3. The molecule has 0 saturated heterocycles. The fourth-order valence-corrected chi connectivity index (χ4v) is 2.61. The summed E-state index contributed by atoms with van der Waals surface area (Å²) in [6, 6.07) is 9.47. The van der Waals surface area contributed by atoms with Gasteiger partial charge in [0, 0.05) is 42.8 Å². The largest absolute Gasteiger partial charge is 0.346 e. The summed E-state index contributed by atoms with van der Waals surface area (Å²) in [4.78, 5) is 50.6. The minimum Gasteiger partial charge on any atom is -0.346 e. The van der Waals surface area contributed by atoms with E-state index >= 15 is 0 Å². The van der Waals surface area contributed by atoms with Gasteiger partial charge in [0.25, 0.3) is 11.5 Å². The molecule has 0 aliphatic carbocycles. The predicted molar refractivity (Wildman–Crippen MR) is 92.7 cm³/mol. The van der Waals surface area contributed by atoms with Gasteiger partial charge in [-0.25, -0.2) is 4.79 Å². The molecule has 25 heavy (non-hydrogen) atoms. The molecular weight excluding hydrogens is 324 g/mol. The van der Waals surface area contributed by atoms with Gasteiger partial charge in [-0.05, 0) is 6.07 Å². The number of H-pyrrole nitrogens is 1. The van der Waals surface area contributed by atoms with E-state index in [0.717, 1.165) is 4.57 Å². The highest BCUT2D eigenvalue weighted by molar-refractivity contribution is 6.05. The highest BCUT2D eigenvalue weighted by Crippen LogP contribution is 2.14. The fraction of sp³-hybridized carbons (Fsp3) is 0.176. The smallest absolute Gasteiger partial charge is 0.330 e. The molecule has 0 unspecified atom stereocenters. The molecule has 1 aromatic carbocycles. The summed E-state index contributed by atoms with van der Waals surface area (Å²) < 4.78 is 2.27. The molecular formula is C17H16N4O4. The monoisotopic (exact) mass is 340 g/mol. The zero-order valence-electron chi connectivity index (χ0n) is 13.7. The van der Waals surface area contributed by atoms with Crippen LogP contribution in [0.15, 0.2) is 50.8 Å². The van der Waals surface area contributed by atoms with Gasteiger partial charge in [-0.2, -0.15) is 0 Å². The van der Waals surface area contributed by atoms with Crippen molar-refractivity contribution in [3.63, 3.8) is 0 Å². The Labute approximate surface area is 141 Å². The van der Waals surface area contributed by atoms with Gasteiger partial charge >= 0.3 is 5.69 Å². The van der Waals surface area contributed by atoms with E-state index in [-0.39, 0.29) is 17.7 Å². The molecule has 0 spiro atoms. The third-order valence-electron chi connectivity index (χ3n) is 4.05. The van der Waals surface area contributed by atoms with E-state index in [2.05, 4.69) is 10.3 Å². The summed E-state index contributed by atoms with van der Waals surface area (Å²) in [5.74, 6) is -0.463. The fourth-order valence-electron chi connectivity index (χ4n) is 2.61. The summed E-state index contributed by atoms with van der Waals surface area (Å²) in [5, 5.41) is 3.26. The van der Waals surface area contributed by atoms with E-state index in [1.165, 1.54) is 30.8 Å². The van der Waals surface area contributed by atoms with E-state index < -0.39 is 17.2 Å². The molecule has 8 heteroatoms. The average molecular weight is 340 g/mol. The minimum absolute atomic E-state index is 0.0121. The maximum Gasteiger partial charge on any atom is 0.330 e. The van der Waals surface area contributed by atoms with Crippen LogP contribution in [0.1, 0.15) is 16.1 Å². The molecule has 0 aliphatic heterocycles. The maximum absolute atomic E-state index is 12.5. The van der Waals surface area contributed by atoms with Crippen LogP contribution < -0.4 is 22.1 Å². The van der Waals surface area contributed by atoms with Crippen LogP contribution in [0.4, 0.5) is 0 Å². The summed E-state index contributed by atoms with van der Waals surface area (Å²) in [5.41, 5.74) is -0.151. The van der Waals surface area contributed by atoms with Crippen molar-refractivity contribution in [3.8, 4) is 0 Å². The molecule has 2 N–H and O–H groups in total. The summed E-state index contributed by atoms with van der Waals surface area (Å²) in [6.07, 6.45) is 0. The maximum atomic E-state index is 12.5. The van der Waals surface area contributed by atoms with E-state index in [1.54, 1.807) is 24.3 Å². The lowest BCUT2D eigenvalue weighted by Gasteiger charge is -2.11. The lowest BCUT2D eigenvalue weighted by molar-refractivity contribution is 0.0951. The van der Waals surface area contributed by atoms with Crippen LogP contribution in [0.5, 0.6) is 0 Å². The first kappa shape index (κ1) is 16.4. The number of pyridine rings is 1. The number of fused-ring (bicyclic) bond motifs is 1. The van der Waals surface area contributed by atoms with E-state index in [1.807, 2.05) is 0 Å². The second-order valence-electron chi connectivity index (χ2n) is 5.65. The zero-order valence-corrected chi connectivity index (χ0v) is 13.7. The second kappa shape index (κ2) is 6.23. The predicted octanol–water partition coefficient (Wildman–Crippen LogP) is -0.145. The van der Waals surface area contributed by atoms with Crippen molar-refractivity contribution in [1.82, 2.24) is 19.4 Å². The molecule has 128 valence electrons. The topological polar surface area (TPSA) is 106 Å². The van der Waals surface area contributed by atoms with Crippen molar-refractivity contribution in [2.45, 2.75) is 6.54 Å². The number of amides is 1. The van der Waals surface area contributed by atoms with Crippen LogP contribution >= 0.6 is 0 Å². The summed E-state index contributed by atoms with van der Waals surface area (Å²) >= 11 is 0. The van der Waals surface area contributed by atoms with Gasteiger partial charge in [-0.1, -0.05) is 18.2 Å². The second-order valence-corrected chi connectivity index (χ2v) is 5.65. The van der Waals surface area contributed by atoms with Crippen LogP contribution in [0.3, 0.4) is 0 Å². The minimum atomic E-state index is -0.474. The summed E-state index contributed by atoms with van der Waals surface area (Å²) in [7, 11) is 2.90. The number of hydrogen-bond acceptors (Lipinski definition) is 4. The Morgan fingerprint density at radius 3 is 2.56 bits per heavy atom. The van der Waals surface area contributed by atoms with Crippen molar-refractivity contribution in [2.24, 2.45) is 14.1 Å². The molecule has 0 radical (unpaired) electrons. The first-order valence-corrected chi connectivity index (χ1v) is 7.54. The SMILES string of the molecule is Cn1c(CNC(=O)c2cc(=O)[nH]c3ccccc23)cc(=O)n(C)c1=O. The quantitative estimate of drug-likeness (QED) is 0.692. The Hall–Kier alpha value is -3.42. The molecule has 1 amide bonds. The van der Waals surface area contributed by atoms with Crippen molar-refractivity contribution in [1.29, 1.82) is 0 Å². The Morgan fingerprint density at radius 2 is 1.80 bits per heavy atom. The molecule has 0 bridgehead atoms. The molecule has 2 heterocycles. The van der Waals surface area contributed by atoms with Gasteiger partial charge in [0.1, 0.15) is 0 Å². The van der Waals surface area contributed by atoms with E-state index in [4.69, 9.17) is 0 Å². The molecule has 3 aromatic rings. The lowest BCUT2D eigenvalue weighted by atomic mass is 10.1. The number of carbonyl (C=O) groups is 1. The van der Waals surface area contributed by atoms with Crippen molar-refractivity contribution < 1.29 is 4.79 Å². The third-order valence-corrected chi connectivity index (χ3v) is 4.05. The van der Waals surface area contributed by atoms with Crippen LogP contribution in [0.2, 0.25) is 0 Å². The van der Waals surface area contributed by atoms with Crippen LogP contribution in [0, 0.1) is 0 Å². The Kier molecular flexibility index (Phi) is 4.10. The standard InChI is InChI=1S/C17H16N4O4/c1-20-10(7-15(23)21(2)17(20)25)9-18-16(24)12-8-14(22)19-13-6-4-3-5-11(12)13/h3-8H,9H2,1-2H3,(H,18,24)(H,19,22). The van der Waals surface area contributed by atoms with Crippen LogP contribution in [0.25, 0.3) is 10.9 Å². The number of aromatic nitrogens is 3. The van der Waals surface area contributed by atoms with Gasteiger partial charge in [-0.3, -0.25) is 23.5 Å². The lowest BCUT2D eigenvalue weighted by Crippen LogP contribution is -2.39. The number of nitrogens with zero attached hydrogens (tertiary/aromatic N) is 2. The molecule has 0 saturated carbocycles. The zero-order chi connectivity index (χ0) is 18.1. The van der Waals surface area contributed by atoms with Gasteiger partial charge in [0.05, 0.1) is 12.1 Å². The van der Waals surface area contributed by atoms with Crippen molar-refractivity contribution in [3.05, 3.63) is 78.8 Å². The highest BCUT2D eigenvalue weighted by Gasteiger charge is 2.13. The van der Waals surface area contributed by atoms with Gasteiger partial charge < -0.3 is 10.3 Å². The molecule has 2 aromatic heterocycles. The molecule has 0 aliphatic rings. The van der Waals surface area contributed by atoms with Crippen molar-refractivity contribution in [2.75, 3.05) is 0 Å². The average Bonchev–Trinajstić information content (AvgIpc) is 2.60. The Bertz CT molecular complexity index is 1150. The normalized spacial score (nSPS) is 10.8. The van der Waals surface area contributed by atoms with Gasteiger partial charge in [0.2, 0.25) is 5.56 Å². The van der Waals surface area contributed by atoms with E-state index in [0.29, 0.717) is 16.6 Å². The van der Waals surface area contributed by atoms with E-state index in [9.17, 15) is 19.2 Å². The summed E-state index contributed by atoms with van der Waals surface area (Å²) in [6.45, 7) is -0.0121. The van der Waals surface area contributed by atoms with Gasteiger partial charge in [-0.15, -0.1) is 0 Å². The highest BCUT2D eigenvalue weighted by atomic mass is 16.2. The first-order chi connectivity index (χ1) is 11.9. The molecule has 8 nitrogen and oxygen atoms in total. The van der Waals surface area contributed by atoms with Crippen molar-refractivity contribution >= 4 is 16.8 Å². The molecule has 0 atom stereocenters. The Balaban J connectivity index is 1.94. The third kappa shape index (κ3) is 3.01. The van der Waals surface area contributed by atoms with Crippen LogP contribution in [-0.2, 0) is 20.6 Å². The number of nitrogens with one attached hydrogen (secondary N) is 2. The number of para-hydroxylation sites is 1. The van der Waals surface area contributed by atoms with Crippen LogP contribution in [-0.4, -0.2) is 20.0 Å². The molecule has 0 fully saturated rings. The number of carbonyl (C=O) groups excluding carboxylic acids is 1. The number of hydrogen-bond donors (Lipinski definition) is 2.